The van der Waals surface area contributed by atoms with Gasteiger partial charge in [-0.1, -0.05) is 6.07 Å². The van der Waals surface area contributed by atoms with E-state index in [1.807, 2.05) is 38.1 Å². The molecule has 0 aliphatic carbocycles. The van der Waals surface area contributed by atoms with Crippen LogP contribution in [-0.2, 0) is 6.54 Å². The van der Waals surface area contributed by atoms with Crippen LogP contribution in [0.3, 0.4) is 0 Å². The number of benzene rings is 1. The molecule has 8 heteroatoms. The number of nitrogens with zero attached hydrogens (tertiary/aromatic N) is 4. The second-order valence-corrected chi connectivity index (χ2v) is 6.83. The number of fused-ring (bicyclic) bond motifs is 1. The summed E-state index contributed by atoms with van der Waals surface area (Å²) in [5.41, 5.74) is 2.06. The van der Waals surface area contributed by atoms with Crippen molar-refractivity contribution < 1.29 is 9.15 Å². The second-order valence-electron chi connectivity index (χ2n) is 6.83. The Bertz CT molecular complexity index is 1170. The highest BCUT2D eigenvalue weighted by Crippen LogP contribution is 2.22. The molecule has 4 aromatic rings. The minimum absolute atomic E-state index is 0.0824. The van der Waals surface area contributed by atoms with Crippen LogP contribution in [0.2, 0.25) is 0 Å². The number of hydrogen-bond donors (Lipinski definition) is 1. The summed E-state index contributed by atoms with van der Waals surface area (Å²) in [6.45, 7) is 4.99. The lowest BCUT2D eigenvalue weighted by molar-refractivity contribution is 0.272. The lowest BCUT2D eigenvalue weighted by atomic mass is 10.1. The summed E-state index contributed by atoms with van der Waals surface area (Å²) >= 11 is 0. The molecule has 0 aliphatic rings. The fourth-order valence-corrected chi connectivity index (χ4v) is 3.05. The van der Waals surface area contributed by atoms with Crippen LogP contribution in [0.4, 0.5) is 0 Å². The number of pyridine rings is 1. The number of ether oxygens (including phenoxy) is 1. The van der Waals surface area contributed by atoms with Crippen LogP contribution in [0.25, 0.3) is 16.8 Å². The lowest BCUT2D eigenvalue weighted by Crippen LogP contribution is -2.31. The molecule has 1 aromatic carbocycles. The Labute approximate surface area is 167 Å². The van der Waals surface area contributed by atoms with Crippen molar-refractivity contribution in [2.45, 2.75) is 26.4 Å². The van der Waals surface area contributed by atoms with Gasteiger partial charge in [0.1, 0.15) is 30.6 Å². The van der Waals surface area contributed by atoms with Gasteiger partial charge < -0.3 is 14.5 Å². The van der Waals surface area contributed by atoms with E-state index in [0.29, 0.717) is 24.5 Å². The molecule has 148 valence electrons. The molecule has 0 radical (unpaired) electrons. The molecular weight excluding hydrogens is 370 g/mol. The van der Waals surface area contributed by atoms with Crippen LogP contribution in [-0.4, -0.2) is 32.4 Å². The Kier molecular flexibility index (Phi) is 5.35. The van der Waals surface area contributed by atoms with E-state index in [2.05, 4.69) is 20.4 Å². The van der Waals surface area contributed by atoms with E-state index < -0.39 is 0 Å². The van der Waals surface area contributed by atoms with E-state index in [1.165, 1.54) is 12.4 Å². The van der Waals surface area contributed by atoms with Gasteiger partial charge in [-0.05, 0) is 37.6 Å². The Hall–Kier alpha value is -3.52. The quantitative estimate of drug-likeness (QED) is 0.484. The molecule has 3 heterocycles. The highest BCUT2D eigenvalue weighted by molar-refractivity contribution is 5.81. The Balaban J connectivity index is 1.38. The molecule has 8 nitrogen and oxygen atoms in total. The third-order valence-corrected chi connectivity index (χ3v) is 4.57. The smallest absolute Gasteiger partial charge is 0.336 e. The Morgan fingerprint density at radius 2 is 2.17 bits per heavy atom. The maximum Gasteiger partial charge on any atom is 0.336 e. The zero-order chi connectivity index (χ0) is 20.2. The average Bonchev–Trinajstić information content (AvgIpc) is 3.25. The third-order valence-electron chi connectivity index (χ3n) is 4.57. The SMILES string of the molecule is Cc1cc(=O)oc2cc(OCC(C)NCc3cccnc3-n3cncn3)ccc12. The van der Waals surface area contributed by atoms with Crippen LogP contribution in [0, 0.1) is 6.92 Å². The average molecular weight is 391 g/mol. The molecule has 0 spiro atoms. The van der Waals surface area contributed by atoms with Crippen molar-refractivity contribution in [3.63, 3.8) is 0 Å². The second kappa shape index (κ2) is 8.24. The van der Waals surface area contributed by atoms with Gasteiger partial charge in [0.2, 0.25) is 0 Å². The van der Waals surface area contributed by atoms with E-state index in [9.17, 15) is 4.79 Å². The first-order valence-electron chi connectivity index (χ1n) is 9.30. The van der Waals surface area contributed by atoms with Gasteiger partial charge in [-0.3, -0.25) is 0 Å². The van der Waals surface area contributed by atoms with Crippen molar-refractivity contribution in [3.8, 4) is 11.6 Å². The zero-order valence-corrected chi connectivity index (χ0v) is 16.2. The van der Waals surface area contributed by atoms with Gasteiger partial charge in [0.15, 0.2) is 5.82 Å². The summed E-state index contributed by atoms with van der Waals surface area (Å²) in [5.74, 6) is 1.40. The number of aromatic nitrogens is 4. The summed E-state index contributed by atoms with van der Waals surface area (Å²) in [4.78, 5) is 19.9. The third kappa shape index (κ3) is 4.33. The van der Waals surface area contributed by atoms with E-state index in [4.69, 9.17) is 9.15 Å². The molecule has 0 saturated carbocycles. The van der Waals surface area contributed by atoms with Crippen LogP contribution in [0.15, 0.2) is 64.5 Å². The highest BCUT2D eigenvalue weighted by Gasteiger charge is 2.10. The highest BCUT2D eigenvalue weighted by atomic mass is 16.5. The van der Waals surface area contributed by atoms with Crippen molar-refractivity contribution in [2.24, 2.45) is 0 Å². The van der Waals surface area contributed by atoms with E-state index in [-0.39, 0.29) is 11.7 Å². The van der Waals surface area contributed by atoms with Crippen molar-refractivity contribution >= 4 is 11.0 Å². The van der Waals surface area contributed by atoms with Crippen molar-refractivity contribution in [1.29, 1.82) is 0 Å². The number of hydrogen-bond acceptors (Lipinski definition) is 7. The maximum atomic E-state index is 11.6. The van der Waals surface area contributed by atoms with Crippen molar-refractivity contribution in [2.75, 3.05) is 6.61 Å². The first kappa shape index (κ1) is 18.8. The molecule has 0 amide bonds. The van der Waals surface area contributed by atoms with E-state index >= 15 is 0 Å². The molecule has 1 N–H and O–H groups in total. The molecule has 3 aromatic heterocycles. The Morgan fingerprint density at radius 1 is 1.28 bits per heavy atom. The number of aryl methyl sites for hydroxylation is 1. The Morgan fingerprint density at radius 3 is 3.00 bits per heavy atom. The van der Waals surface area contributed by atoms with Gasteiger partial charge in [-0.15, -0.1) is 0 Å². The van der Waals surface area contributed by atoms with Crippen LogP contribution in [0.5, 0.6) is 5.75 Å². The fourth-order valence-electron chi connectivity index (χ4n) is 3.05. The minimum atomic E-state index is -0.359. The monoisotopic (exact) mass is 391 g/mol. The molecule has 0 saturated heterocycles. The molecule has 1 unspecified atom stereocenters. The van der Waals surface area contributed by atoms with E-state index in [1.54, 1.807) is 23.3 Å². The normalized spacial score (nSPS) is 12.2. The zero-order valence-electron chi connectivity index (χ0n) is 16.2. The first-order chi connectivity index (χ1) is 14.1. The summed E-state index contributed by atoms with van der Waals surface area (Å²) < 4.78 is 12.8. The molecule has 0 bridgehead atoms. The number of nitrogens with one attached hydrogen (secondary N) is 1. The van der Waals surface area contributed by atoms with Crippen LogP contribution >= 0.6 is 0 Å². The van der Waals surface area contributed by atoms with E-state index in [0.717, 1.165) is 22.3 Å². The van der Waals surface area contributed by atoms with Gasteiger partial charge in [0, 0.05) is 41.9 Å². The number of rotatable bonds is 7. The topological polar surface area (TPSA) is 95.1 Å². The van der Waals surface area contributed by atoms with Gasteiger partial charge in [-0.25, -0.2) is 19.4 Å². The lowest BCUT2D eigenvalue weighted by Gasteiger charge is -2.16. The predicted octanol–water partition coefficient (Wildman–Crippen LogP) is 2.63. The van der Waals surface area contributed by atoms with Gasteiger partial charge in [0.05, 0.1) is 0 Å². The standard InChI is InChI=1S/C21H21N5O3/c1-14-8-20(27)29-19-9-17(5-6-18(14)19)28-11-15(2)24-10-16-4-3-7-23-21(16)26-13-22-12-25-26/h3-9,12-13,15,24H,10-11H2,1-2H3. The summed E-state index contributed by atoms with van der Waals surface area (Å²) in [7, 11) is 0. The molecule has 0 fully saturated rings. The summed E-state index contributed by atoms with van der Waals surface area (Å²) in [6, 6.07) is 11.0. The van der Waals surface area contributed by atoms with Gasteiger partial charge in [0.25, 0.3) is 0 Å². The molecule has 1 atom stereocenters. The maximum absolute atomic E-state index is 11.6. The van der Waals surface area contributed by atoms with Crippen LogP contribution in [0.1, 0.15) is 18.1 Å². The molecular formula is C21H21N5O3. The summed E-state index contributed by atoms with van der Waals surface area (Å²) in [5, 5.41) is 8.48. The van der Waals surface area contributed by atoms with Gasteiger partial charge in [-0.2, -0.15) is 5.10 Å². The molecule has 0 aliphatic heterocycles. The first-order valence-corrected chi connectivity index (χ1v) is 9.30. The fraction of sp³-hybridized carbons (Fsp3) is 0.238. The van der Waals surface area contributed by atoms with Gasteiger partial charge >= 0.3 is 5.63 Å². The van der Waals surface area contributed by atoms with Crippen molar-refractivity contribution in [3.05, 3.63) is 76.8 Å². The summed E-state index contributed by atoms with van der Waals surface area (Å²) in [6.07, 6.45) is 4.83. The molecule has 29 heavy (non-hydrogen) atoms. The molecule has 4 rings (SSSR count). The van der Waals surface area contributed by atoms with Crippen LogP contribution < -0.4 is 15.7 Å². The largest absolute Gasteiger partial charge is 0.492 e. The minimum Gasteiger partial charge on any atom is -0.492 e. The van der Waals surface area contributed by atoms with Crippen molar-refractivity contribution in [1.82, 2.24) is 25.1 Å². The predicted molar refractivity (Wildman–Crippen MR) is 108 cm³/mol.